The van der Waals surface area contributed by atoms with Crippen LogP contribution in [0, 0.1) is 0 Å². The van der Waals surface area contributed by atoms with Crippen molar-refractivity contribution in [2.75, 3.05) is 11.8 Å². The van der Waals surface area contributed by atoms with Crippen LogP contribution in [-0.4, -0.2) is 34.0 Å². The van der Waals surface area contributed by atoms with E-state index in [1.165, 1.54) is 0 Å². The second kappa shape index (κ2) is 13.0. The zero-order valence-corrected chi connectivity index (χ0v) is 9.89. The fourth-order valence-electron chi connectivity index (χ4n) is 0.567. The maximum absolute atomic E-state index is 9.87. The molecule has 0 fully saturated rings. The smallest absolute Gasteiger partial charge is 0.303 e. The Kier molecular flexibility index (Phi) is 15.3. The third-order valence-electron chi connectivity index (χ3n) is 1.35. The lowest BCUT2D eigenvalue weighted by atomic mass is 10.2. The van der Waals surface area contributed by atoms with Crippen LogP contribution in [0.5, 0.6) is 0 Å². The van der Waals surface area contributed by atoms with E-state index in [1.807, 2.05) is 0 Å². The Morgan fingerprint density at radius 3 is 2.00 bits per heavy atom. The maximum atomic E-state index is 9.87. The van der Waals surface area contributed by atoms with E-state index in [0.717, 1.165) is 19.3 Å². The standard InChI is InChI=1S/C6H12O2.C3H6Cl2O/c1-2-3-4-5-6(7)8;4-1-3(6)2-5/h2-5H2,1H3,(H,7,8);3,6H,1-2H2. The molecule has 2 N–H and O–H groups in total. The first-order valence-electron chi connectivity index (χ1n) is 4.60. The van der Waals surface area contributed by atoms with Gasteiger partial charge in [0.15, 0.2) is 0 Å². The first kappa shape index (κ1) is 16.4. The Bertz CT molecular complexity index is 127. The molecule has 86 valence electrons. The third kappa shape index (κ3) is 17.9. The van der Waals surface area contributed by atoms with E-state index < -0.39 is 12.1 Å². The van der Waals surface area contributed by atoms with E-state index in [2.05, 4.69) is 6.92 Å². The highest BCUT2D eigenvalue weighted by Gasteiger charge is 1.94. The van der Waals surface area contributed by atoms with Crippen molar-refractivity contribution >= 4 is 29.2 Å². The van der Waals surface area contributed by atoms with Gasteiger partial charge in [0.2, 0.25) is 0 Å². The van der Waals surface area contributed by atoms with E-state index in [1.54, 1.807) is 0 Å². The molecule has 0 aliphatic carbocycles. The normalized spacial score (nSPS) is 9.50. The van der Waals surface area contributed by atoms with Crippen molar-refractivity contribution in [1.29, 1.82) is 0 Å². The van der Waals surface area contributed by atoms with Crippen LogP contribution in [0.2, 0.25) is 0 Å². The largest absolute Gasteiger partial charge is 0.481 e. The van der Waals surface area contributed by atoms with Crippen molar-refractivity contribution in [1.82, 2.24) is 0 Å². The summed E-state index contributed by atoms with van der Waals surface area (Å²) in [6.07, 6.45) is 2.74. The van der Waals surface area contributed by atoms with E-state index in [4.69, 9.17) is 33.4 Å². The van der Waals surface area contributed by atoms with Gasteiger partial charge in [0.1, 0.15) is 0 Å². The minimum absolute atomic E-state index is 0.226. The van der Waals surface area contributed by atoms with Crippen LogP contribution in [0.1, 0.15) is 32.6 Å². The number of aliphatic carboxylic acids is 1. The van der Waals surface area contributed by atoms with Crippen LogP contribution in [-0.2, 0) is 4.79 Å². The van der Waals surface area contributed by atoms with Gasteiger partial charge in [-0.2, -0.15) is 0 Å². The highest BCUT2D eigenvalue weighted by atomic mass is 35.5. The lowest BCUT2D eigenvalue weighted by molar-refractivity contribution is -0.137. The summed E-state index contributed by atoms with van der Waals surface area (Å²) in [7, 11) is 0. The van der Waals surface area contributed by atoms with Crippen LogP contribution in [0.25, 0.3) is 0 Å². The molecule has 0 aliphatic heterocycles. The minimum atomic E-state index is -0.682. The molecule has 3 nitrogen and oxygen atoms in total. The lowest BCUT2D eigenvalue weighted by Gasteiger charge is -1.94. The third-order valence-corrected chi connectivity index (χ3v) is 2.06. The Hall–Kier alpha value is 0.01000. The zero-order chi connectivity index (χ0) is 11.4. The molecular formula is C9H18Cl2O3. The first-order chi connectivity index (χ1) is 6.58. The van der Waals surface area contributed by atoms with Crippen molar-refractivity contribution in [3.8, 4) is 0 Å². The summed E-state index contributed by atoms with van der Waals surface area (Å²) < 4.78 is 0. The molecule has 0 aromatic heterocycles. The molecular weight excluding hydrogens is 227 g/mol. The molecule has 0 spiro atoms. The quantitative estimate of drug-likeness (QED) is 0.558. The molecule has 0 radical (unpaired) electrons. The Morgan fingerprint density at radius 2 is 1.79 bits per heavy atom. The second-order valence-corrected chi connectivity index (χ2v) is 3.43. The number of rotatable bonds is 6. The summed E-state index contributed by atoms with van der Waals surface area (Å²) in [5.74, 6) is -0.231. The molecule has 0 amide bonds. The Balaban J connectivity index is 0. The highest BCUT2D eigenvalue weighted by Crippen LogP contribution is 1.97. The van der Waals surface area contributed by atoms with Crippen molar-refractivity contribution in [3.63, 3.8) is 0 Å². The van der Waals surface area contributed by atoms with Crippen molar-refractivity contribution in [2.45, 2.75) is 38.7 Å². The number of aliphatic hydroxyl groups is 1. The summed E-state index contributed by atoms with van der Waals surface area (Å²) in [6.45, 7) is 2.06. The van der Waals surface area contributed by atoms with Gasteiger partial charge in [-0.3, -0.25) is 4.79 Å². The van der Waals surface area contributed by atoms with E-state index in [0.29, 0.717) is 6.42 Å². The SMILES string of the molecule is CCCCCC(=O)O.OC(CCl)CCl. The summed E-state index contributed by atoms with van der Waals surface area (Å²) in [6, 6.07) is 0. The summed E-state index contributed by atoms with van der Waals surface area (Å²) in [5.41, 5.74) is 0. The number of carboxylic acid groups (broad SMARTS) is 1. The number of unbranched alkanes of at least 4 members (excludes halogenated alkanes) is 2. The fourth-order valence-corrected chi connectivity index (χ4v) is 0.897. The average Bonchev–Trinajstić information content (AvgIpc) is 2.17. The van der Waals surface area contributed by atoms with Gasteiger partial charge in [-0.15, -0.1) is 23.2 Å². The van der Waals surface area contributed by atoms with Gasteiger partial charge in [-0.05, 0) is 6.42 Å². The van der Waals surface area contributed by atoms with Gasteiger partial charge in [0.05, 0.1) is 6.10 Å². The summed E-state index contributed by atoms with van der Waals surface area (Å²) in [5, 5.41) is 16.5. The molecule has 0 aromatic rings. The van der Waals surface area contributed by atoms with Crippen LogP contribution >= 0.6 is 23.2 Å². The highest BCUT2D eigenvalue weighted by molar-refractivity contribution is 6.21. The van der Waals surface area contributed by atoms with Gasteiger partial charge in [-0.25, -0.2) is 0 Å². The molecule has 5 heteroatoms. The van der Waals surface area contributed by atoms with E-state index in [9.17, 15) is 4.79 Å². The molecule has 0 heterocycles. The molecule has 0 aromatic carbocycles. The van der Waals surface area contributed by atoms with Gasteiger partial charge in [0.25, 0.3) is 0 Å². The van der Waals surface area contributed by atoms with Gasteiger partial charge >= 0.3 is 5.97 Å². The van der Waals surface area contributed by atoms with Crippen LogP contribution in [0.4, 0.5) is 0 Å². The molecule has 14 heavy (non-hydrogen) atoms. The average molecular weight is 245 g/mol. The predicted molar refractivity (Wildman–Crippen MR) is 59.2 cm³/mol. The predicted octanol–water partition coefficient (Wildman–Crippen LogP) is 2.48. The van der Waals surface area contributed by atoms with Crippen molar-refractivity contribution < 1.29 is 15.0 Å². The minimum Gasteiger partial charge on any atom is -0.481 e. The summed E-state index contributed by atoms with van der Waals surface area (Å²) >= 11 is 10.2. The number of halogens is 2. The Labute approximate surface area is 95.0 Å². The zero-order valence-electron chi connectivity index (χ0n) is 8.38. The van der Waals surface area contributed by atoms with Crippen molar-refractivity contribution in [2.24, 2.45) is 0 Å². The maximum Gasteiger partial charge on any atom is 0.303 e. The van der Waals surface area contributed by atoms with Crippen LogP contribution in [0.15, 0.2) is 0 Å². The molecule has 0 atom stereocenters. The molecule has 0 saturated heterocycles. The number of hydrogen-bond acceptors (Lipinski definition) is 2. The molecule has 0 saturated carbocycles. The first-order valence-corrected chi connectivity index (χ1v) is 5.67. The molecule has 0 rings (SSSR count). The fraction of sp³-hybridized carbons (Fsp3) is 0.889. The topological polar surface area (TPSA) is 57.5 Å². The van der Waals surface area contributed by atoms with Crippen LogP contribution < -0.4 is 0 Å². The van der Waals surface area contributed by atoms with E-state index in [-0.39, 0.29) is 11.8 Å². The van der Waals surface area contributed by atoms with E-state index >= 15 is 0 Å². The lowest BCUT2D eigenvalue weighted by Crippen LogP contribution is -2.08. The Morgan fingerprint density at radius 1 is 1.29 bits per heavy atom. The molecule has 0 aliphatic rings. The van der Waals surface area contributed by atoms with Gasteiger partial charge in [0, 0.05) is 18.2 Å². The van der Waals surface area contributed by atoms with Crippen LogP contribution in [0.3, 0.4) is 0 Å². The van der Waals surface area contributed by atoms with Gasteiger partial charge in [-0.1, -0.05) is 19.8 Å². The molecule has 0 unspecified atom stereocenters. The number of hydrogen-bond donors (Lipinski definition) is 2. The monoisotopic (exact) mass is 244 g/mol. The van der Waals surface area contributed by atoms with Gasteiger partial charge < -0.3 is 10.2 Å². The number of alkyl halides is 2. The number of carbonyl (C=O) groups is 1. The second-order valence-electron chi connectivity index (χ2n) is 2.81. The number of aliphatic hydroxyl groups excluding tert-OH is 1. The summed E-state index contributed by atoms with van der Waals surface area (Å²) in [4.78, 5) is 9.87. The van der Waals surface area contributed by atoms with Crippen molar-refractivity contribution in [3.05, 3.63) is 0 Å². The molecule has 0 bridgehead atoms. The number of carboxylic acids is 1.